The molecular weight excluding hydrogens is 284 g/mol. The lowest BCUT2D eigenvalue weighted by Gasteiger charge is -2.22. The molecule has 0 radical (unpaired) electrons. The van der Waals surface area contributed by atoms with Crippen molar-refractivity contribution in [2.45, 2.75) is 91.1 Å². The minimum absolute atomic E-state index is 0.235. The van der Waals surface area contributed by atoms with Crippen LogP contribution in [0.5, 0.6) is 0 Å². The van der Waals surface area contributed by atoms with Crippen molar-refractivity contribution in [3.05, 3.63) is 0 Å². The largest absolute Gasteiger partial charge is 0.485 e. The second-order valence-corrected chi connectivity index (χ2v) is 9.18. The van der Waals surface area contributed by atoms with E-state index in [0.717, 1.165) is 51.4 Å². The molecule has 0 aliphatic rings. The molecule has 0 aromatic heterocycles. The summed E-state index contributed by atoms with van der Waals surface area (Å²) in [4.78, 5) is 23.4. The Bertz CT molecular complexity index is 275. The fourth-order valence-electron chi connectivity index (χ4n) is 2.06. The molecule has 0 aliphatic heterocycles. The van der Waals surface area contributed by atoms with Gasteiger partial charge in [0.1, 0.15) is 0 Å². The van der Waals surface area contributed by atoms with E-state index in [-0.39, 0.29) is 11.9 Å². The zero-order valence-electron chi connectivity index (χ0n) is 14.2. The lowest BCUT2D eigenvalue weighted by Crippen LogP contribution is -2.39. The summed E-state index contributed by atoms with van der Waals surface area (Å²) >= 11 is 0. The Morgan fingerprint density at radius 3 is 1.43 bits per heavy atom. The average molecular weight is 317 g/mol. The highest BCUT2D eigenvalue weighted by molar-refractivity contribution is 6.67. The fourth-order valence-corrected chi connectivity index (χ4v) is 3.41. The Morgan fingerprint density at radius 1 is 0.714 bits per heavy atom. The number of hydrogen-bond donors (Lipinski definition) is 0. The molecule has 0 aliphatic carbocycles. The molecule has 21 heavy (non-hydrogen) atoms. The van der Waals surface area contributed by atoms with Crippen LogP contribution in [0.15, 0.2) is 0 Å². The van der Waals surface area contributed by atoms with Gasteiger partial charge in [0.25, 0.3) is 11.9 Å². The molecule has 0 saturated carbocycles. The molecule has 0 heterocycles. The summed E-state index contributed by atoms with van der Waals surface area (Å²) in [7, 11) is -2.67. The molecule has 0 amide bonds. The summed E-state index contributed by atoms with van der Waals surface area (Å²) in [5.74, 6) is -0.469. The van der Waals surface area contributed by atoms with E-state index < -0.39 is 8.56 Å². The summed E-state index contributed by atoms with van der Waals surface area (Å²) in [6, 6.07) is 0. The van der Waals surface area contributed by atoms with Crippen molar-refractivity contribution in [2.75, 3.05) is 0 Å². The van der Waals surface area contributed by atoms with Gasteiger partial charge in [0, 0.05) is 25.9 Å². The predicted molar refractivity (Wildman–Crippen MR) is 87.2 cm³/mol. The quantitative estimate of drug-likeness (QED) is 0.386. The van der Waals surface area contributed by atoms with Crippen LogP contribution in [0.25, 0.3) is 0 Å². The van der Waals surface area contributed by atoms with Crippen LogP contribution in [0.3, 0.4) is 0 Å². The van der Waals surface area contributed by atoms with E-state index >= 15 is 0 Å². The first kappa shape index (κ1) is 20.2. The number of rotatable bonds is 12. The number of carbonyl (C=O) groups excluding carboxylic acids is 2. The molecule has 4 nitrogen and oxygen atoms in total. The van der Waals surface area contributed by atoms with Crippen LogP contribution in [0, 0.1) is 0 Å². The normalized spacial score (nSPS) is 11.2. The van der Waals surface area contributed by atoms with Crippen LogP contribution in [0.2, 0.25) is 13.1 Å². The summed E-state index contributed by atoms with van der Waals surface area (Å²) in [5, 5.41) is 0. The molecule has 0 spiro atoms. The van der Waals surface area contributed by atoms with Crippen LogP contribution in [-0.4, -0.2) is 20.5 Å². The van der Waals surface area contributed by atoms with Gasteiger partial charge in [-0.25, -0.2) is 0 Å². The second-order valence-electron chi connectivity index (χ2n) is 5.97. The van der Waals surface area contributed by atoms with Crippen LogP contribution < -0.4 is 0 Å². The van der Waals surface area contributed by atoms with Crippen molar-refractivity contribution in [3.63, 3.8) is 0 Å². The van der Waals surface area contributed by atoms with Crippen molar-refractivity contribution < 1.29 is 18.4 Å². The molecule has 0 N–H and O–H groups in total. The number of hydrogen-bond acceptors (Lipinski definition) is 4. The Morgan fingerprint density at radius 2 is 1.10 bits per heavy atom. The maximum Gasteiger partial charge on any atom is 0.457 e. The van der Waals surface area contributed by atoms with Gasteiger partial charge in [-0.15, -0.1) is 0 Å². The minimum atomic E-state index is -2.67. The van der Waals surface area contributed by atoms with E-state index in [9.17, 15) is 9.59 Å². The van der Waals surface area contributed by atoms with Gasteiger partial charge in [0.05, 0.1) is 0 Å². The molecule has 0 bridgehead atoms. The standard InChI is InChI=1S/C16H32O4Si/c1-5-7-9-11-13-15(17)19-21(3,4)20-16(18)14-12-10-8-6-2/h5-14H2,1-4H3. The van der Waals surface area contributed by atoms with Crippen LogP contribution in [-0.2, 0) is 18.4 Å². The maximum absolute atomic E-state index is 11.7. The number of carbonyl (C=O) groups is 2. The van der Waals surface area contributed by atoms with E-state index in [1.165, 1.54) is 0 Å². The van der Waals surface area contributed by atoms with Gasteiger partial charge in [-0.3, -0.25) is 9.59 Å². The lowest BCUT2D eigenvalue weighted by molar-refractivity contribution is -0.141. The predicted octanol–water partition coefficient (Wildman–Crippen LogP) is 4.72. The molecule has 0 unspecified atom stereocenters. The van der Waals surface area contributed by atoms with E-state index in [4.69, 9.17) is 8.85 Å². The molecule has 0 saturated heterocycles. The fraction of sp³-hybridized carbons (Fsp3) is 0.875. The first-order valence-corrected chi connectivity index (χ1v) is 11.2. The van der Waals surface area contributed by atoms with Crippen LogP contribution in [0.1, 0.15) is 78.1 Å². The first-order chi connectivity index (χ1) is 9.91. The van der Waals surface area contributed by atoms with Gasteiger partial charge in [0.15, 0.2) is 0 Å². The van der Waals surface area contributed by atoms with E-state index in [1.807, 2.05) is 0 Å². The monoisotopic (exact) mass is 316 g/mol. The third-order valence-electron chi connectivity index (χ3n) is 3.19. The third kappa shape index (κ3) is 12.6. The summed E-state index contributed by atoms with van der Waals surface area (Å²) in [5.41, 5.74) is 0. The number of unbranched alkanes of at least 4 members (excludes halogenated alkanes) is 6. The van der Waals surface area contributed by atoms with Crippen molar-refractivity contribution in [2.24, 2.45) is 0 Å². The zero-order valence-corrected chi connectivity index (χ0v) is 15.2. The summed E-state index contributed by atoms with van der Waals surface area (Å²) in [6.45, 7) is 7.77. The molecule has 0 aromatic carbocycles. The maximum atomic E-state index is 11.7. The van der Waals surface area contributed by atoms with Gasteiger partial charge in [-0.2, -0.15) is 0 Å². The van der Waals surface area contributed by atoms with Crippen molar-refractivity contribution in [1.29, 1.82) is 0 Å². The Balaban J connectivity index is 3.89. The van der Waals surface area contributed by atoms with Crippen molar-refractivity contribution in [3.8, 4) is 0 Å². The average Bonchev–Trinajstić information content (AvgIpc) is 2.38. The summed E-state index contributed by atoms with van der Waals surface area (Å²) in [6.07, 6.45) is 9.20. The van der Waals surface area contributed by atoms with Gasteiger partial charge < -0.3 is 8.85 Å². The molecular formula is C16H32O4Si. The van der Waals surface area contributed by atoms with Crippen LogP contribution in [0.4, 0.5) is 0 Å². The highest BCUT2D eigenvalue weighted by Crippen LogP contribution is 2.13. The minimum Gasteiger partial charge on any atom is -0.485 e. The Hall–Kier alpha value is -0.843. The third-order valence-corrected chi connectivity index (χ3v) is 4.63. The molecule has 124 valence electrons. The smallest absolute Gasteiger partial charge is 0.457 e. The van der Waals surface area contributed by atoms with Crippen molar-refractivity contribution in [1.82, 2.24) is 0 Å². The highest BCUT2D eigenvalue weighted by Gasteiger charge is 2.33. The summed E-state index contributed by atoms with van der Waals surface area (Å²) < 4.78 is 10.7. The van der Waals surface area contributed by atoms with Gasteiger partial charge in [0.2, 0.25) is 0 Å². The highest BCUT2D eigenvalue weighted by atomic mass is 28.4. The van der Waals surface area contributed by atoms with Gasteiger partial charge >= 0.3 is 8.56 Å². The first-order valence-electron chi connectivity index (χ1n) is 8.35. The van der Waals surface area contributed by atoms with Crippen LogP contribution >= 0.6 is 0 Å². The van der Waals surface area contributed by atoms with E-state index in [2.05, 4.69) is 13.8 Å². The van der Waals surface area contributed by atoms with Gasteiger partial charge in [-0.1, -0.05) is 52.4 Å². The molecule has 5 heteroatoms. The Kier molecular flexibility index (Phi) is 11.3. The van der Waals surface area contributed by atoms with Crippen molar-refractivity contribution >= 4 is 20.5 Å². The Labute approximate surface area is 130 Å². The van der Waals surface area contributed by atoms with E-state index in [0.29, 0.717) is 12.8 Å². The van der Waals surface area contributed by atoms with Gasteiger partial charge in [-0.05, 0) is 12.8 Å². The molecule has 0 fully saturated rings. The molecule has 0 aromatic rings. The van der Waals surface area contributed by atoms with E-state index in [1.54, 1.807) is 13.1 Å². The SMILES string of the molecule is CCCCCCC(=O)O[Si](C)(C)OC(=O)CCCCCC. The second kappa shape index (κ2) is 11.8. The topological polar surface area (TPSA) is 52.6 Å². The molecule has 0 atom stereocenters. The zero-order chi connectivity index (χ0) is 16.1. The lowest BCUT2D eigenvalue weighted by atomic mass is 10.2. The molecule has 0 rings (SSSR count).